The molecule has 1 unspecified atom stereocenters. The van der Waals surface area contributed by atoms with Gasteiger partial charge in [-0.1, -0.05) is 28.9 Å². The molecule has 1 atom stereocenters. The average molecular weight is 353 g/mol. The predicted molar refractivity (Wildman–Crippen MR) is 98.0 cm³/mol. The van der Waals surface area contributed by atoms with Crippen LogP contribution in [0.25, 0.3) is 10.7 Å². The lowest BCUT2D eigenvalue weighted by Gasteiger charge is -2.21. The maximum atomic E-state index is 12.6. The highest BCUT2D eigenvalue weighted by Crippen LogP contribution is 2.35. The first-order valence-electron chi connectivity index (χ1n) is 8.28. The van der Waals surface area contributed by atoms with Crippen LogP contribution in [0.2, 0.25) is 0 Å². The maximum absolute atomic E-state index is 12.6. The Balaban J connectivity index is 1.61. The minimum atomic E-state index is -0.0613. The number of aromatic nitrogens is 2. The quantitative estimate of drug-likeness (QED) is 0.706. The molecule has 1 aromatic carbocycles. The molecule has 0 saturated carbocycles. The second-order valence-electron chi connectivity index (χ2n) is 6.59. The van der Waals surface area contributed by atoms with Gasteiger partial charge in [0.15, 0.2) is 0 Å². The minimum absolute atomic E-state index is 0.0613. The lowest BCUT2D eigenvalue weighted by atomic mass is 10.0. The van der Waals surface area contributed by atoms with Gasteiger partial charge in [-0.05, 0) is 43.3 Å². The molecule has 128 valence electrons. The molecule has 0 N–H and O–H groups in total. The standard InChI is InChI=1S/C19H19N3O2S/c1-11-7-12(2)17(13(3)8-11)22-10-14(9-16(22)23)19-20-18(21-24-19)15-5-4-6-25-15/h4-8,14H,9-10H2,1-3H3. The molecule has 1 fully saturated rings. The van der Waals surface area contributed by atoms with E-state index in [0.29, 0.717) is 24.7 Å². The van der Waals surface area contributed by atoms with E-state index in [9.17, 15) is 4.79 Å². The second-order valence-corrected chi connectivity index (χ2v) is 7.53. The van der Waals surface area contributed by atoms with Crippen molar-refractivity contribution in [2.45, 2.75) is 33.1 Å². The molecule has 0 radical (unpaired) electrons. The van der Waals surface area contributed by atoms with Crippen LogP contribution in [0.1, 0.15) is 34.9 Å². The van der Waals surface area contributed by atoms with Crippen molar-refractivity contribution in [3.63, 3.8) is 0 Å². The topological polar surface area (TPSA) is 59.2 Å². The van der Waals surface area contributed by atoms with Gasteiger partial charge in [-0.3, -0.25) is 4.79 Å². The molecule has 25 heavy (non-hydrogen) atoms. The van der Waals surface area contributed by atoms with Crippen molar-refractivity contribution in [1.82, 2.24) is 10.1 Å². The van der Waals surface area contributed by atoms with E-state index in [1.807, 2.05) is 22.4 Å². The molecule has 6 heteroatoms. The summed E-state index contributed by atoms with van der Waals surface area (Å²) in [5, 5.41) is 6.05. The number of hydrogen-bond donors (Lipinski definition) is 0. The van der Waals surface area contributed by atoms with E-state index in [2.05, 4.69) is 43.0 Å². The van der Waals surface area contributed by atoms with Gasteiger partial charge in [0, 0.05) is 18.7 Å². The number of rotatable bonds is 3. The van der Waals surface area contributed by atoms with Crippen LogP contribution in [0, 0.1) is 20.8 Å². The summed E-state index contributed by atoms with van der Waals surface area (Å²) in [5.41, 5.74) is 4.46. The van der Waals surface area contributed by atoms with Crippen molar-refractivity contribution in [2.75, 3.05) is 11.4 Å². The van der Waals surface area contributed by atoms with Gasteiger partial charge >= 0.3 is 0 Å². The summed E-state index contributed by atoms with van der Waals surface area (Å²) in [7, 11) is 0. The van der Waals surface area contributed by atoms with Gasteiger partial charge in [0.1, 0.15) is 0 Å². The number of aryl methyl sites for hydroxylation is 3. The van der Waals surface area contributed by atoms with Crippen LogP contribution in [-0.2, 0) is 4.79 Å². The highest BCUT2D eigenvalue weighted by atomic mass is 32.1. The Kier molecular flexibility index (Phi) is 3.92. The Morgan fingerprint density at radius 3 is 2.68 bits per heavy atom. The SMILES string of the molecule is Cc1cc(C)c(N2CC(c3nc(-c4cccs4)no3)CC2=O)c(C)c1. The zero-order valence-corrected chi connectivity index (χ0v) is 15.3. The molecule has 5 nitrogen and oxygen atoms in total. The van der Waals surface area contributed by atoms with Gasteiger partial charge in [0.2, 0.25) is 17.6 Å². The molecule has 0 spiro atoms. The Morgan fingerprint density at radius 1 is 1.24 bits per heavy atom. The van der Waals surface area contributed by atoms with E-state index < -0.39 is 0 Å². The molecule has 1 aliphatic rings. The molecule has 3 heterocycles. The Morgan fingerprint density at radius 2 is 2.00 bits per heavy atom. The maximum Gasteiger partial charge on any atom is 0.232 e. The normalized spacial score (nSPS) is 17.5. The smallest absolute Gasteiger partial charge is 0.232 e. The number of amides is 1. The number of carbonyl (C=O) groups excluding carboxylic acids is 1. The van der Waals surface area contributed by atoms with Crippen molar-refractivity contribution in [3.8, 4) is 10.7 Å². The fourth-order valence-corrected chi connectivity index (χ4v) is 4.24. The average Bonchev–Trinajstić information content (AvgIpc) is 3.26. The number of anilines is 1. The molecule has 2 aromatic heterocycles. The number of benzene rings is 1. The molecule has 1 amide bonds. The third-order valence-electron chi connectivity index (χ3n) is 4.56. The van der Waals surface area contributed by atoms with Crippen molar-refractivity contribution in [1.29, 1.82) is 0 Å². The first kappa shape index (κ1) is 16.0. The number of nitrogens with zero attached hydrogens (tertiary/aromatic N) is 3. The molecule has 0 bridgehead atoms. The van der Waals surface area contributed by atoms with E-state index >= 15 is 0 Å². The van der Waals surface area contributed by atoms with Crippen molar-refractivity contribution in [3.05, 3.63) is 52.2 Å². The molecule has 4 rings (SSSR count). The molecular formula is C19H19N3O2S. The highest BCUT2D eigenvalue weighted by molar-refractivity contribution is 7.13. The van der Waals surface area contributed by atoms with Gasteiger partial charge < -0.3 is 9.42 Å². The Hall–Kier alpha value is -2.47. The van der Waals surface area contributed by atoms with Crippen LogP contribution < -0.4 is 4.90 Å². The molecular weight excluding hydrogens is 334 g/mol. The van der Waals surface area contributed by atoms with Crippen LogP contribution in [-0.4, -0.2) is 22.6 Å². The summed E-state index contributed by atoms with van der Waals surface area (Å²) < 4.78 is 5.45. The van der Waals surface area contributed by atoms with Crippen LogP contribution in [0.15, 0.2) is 34.2 Å². The van der Waals surface area contributed by atoms with Crippen molar-refractivity contribution < 1.29 is 9.32 Å². The summed E-state index contributed by atoms with van der Waals surface area (Å²) >= 11 is 1.57. The van der Waals surface area contributed by atoms with Gasteiger partial charge in [-0.15, -0.1) is 11.3 Å². The number of hydrogen-bond acceptors (Lipinski definition) is 5. The molecule has 1 saturated heterocycles. The molecule has 1 aliphatic heterocycles. The first-order valence-corrected chi connectivity index (χ1v) is 9.16. The van der Waals surface area contributed by atoms with E-state index in [4.69, 9.17) is 4.52 Å². The molecule has 3 aromatic rings. The van der Waals surface area contributed by atoms with Gasteiger partial charge in [-0.2, -0.15) is 4.98 Å². The number of carbonyl (C=O) groups is 1. The monoisotopic (exact) mass is 353 g/mol. The van der Waals surface area contributed by atoms with Crippen molar-refractivity contribution >= 4 is 22.9 Å². The fourth-order valence-electron chi connectivity index (χ4n) is 3.59. The van der Waals surface area contributed by atoms with Crippen LogP contribution in [0.3, 0.4) is 0 Å². The van der Waals surface area contributed by atoms with Crippen molar-refractivity contribution in [2.24, 2.45) is 0 Å². The number of thiophene rings is 1. The lowest BCUT2D eigenvalue weighted by Crippen LogP contribution is -2.26. The van der Waals surface area contributed by atoms with Gasteiger partial charge in [-0.25, -0.2) is 0 Å². The van der Waals surface area contributed by atoms with E-state index in [1.165, 1.54) is 5.56 Å². The summed E-state index contributed by atoms with van der Waals surface area (Å²) in [5.74, 6) is 1.19. The third kappa shape index (κ3) is 2.87. The summed E-state index contributed by atoms with van der Waals surface area (Å²) in [6.07, 6.45) is 0.402. The van der Waals surface area contributed by atoms with E-state index in [0.717, 1.165) is 21.7 Å². The fraction of sp³-hybridized carbons (Fsp3) is 0.316. The second kappa shape index (κ2) is 6.11. The Labute approximate surface area is 150 Å². The van der Waals surface area contributed by atoms with E-state index in [1.54, 1.807) is 11.3 Å². The summed E-state index contributed by atoms with van der Waals surface area (Å²) in [4.78, 5) is 20.0. The van der Waals surface area contributed by atoms with E-state index in [-0.39, 0.29) is 11.8 Å². The highest BCUT2D eigenvalue weighted by Gasteiger charge is 2.36. The largest absolute Gasteiger partial charge is 0.339 e. The third-order valence-corrected chi connectivity index (χ3v) is 5.43. The minimum Gasteiger partial charge on any atom is -0.339 e. The molecule has 0 aliphatic carbocycles. The van der Waals surface area contributed by atoms with Crippen LogP contribution >= 0.6 is 11.3 Å². The van der Waals surface area contributed by atoms with Gasteiger partial charge in [0.25, 0.3) is 0 Å². The Bertz CT molecular complexity index is 907. The predicted octanol–water partition coefficient (Wildman–Crippen LogP) is 4.24. The summed E-state index contributed by atoms with van der Waals surface area (Å²) in [6, 6.07) is 8.15. The lowest BCUT2D eigenvalue weighted by molar-refractivity contribution is -0.117. The zero-order chi connectivity index (χ0) is 17.6. The van der Waals surface area contributed by atoms with Gasteiger partial charge in [0.05, 0.1) is 10.8 Å². The van der Waals surface area contributed by atoms with Crippen LogP contribution in [0.5, 0.6) is 0 Å². The van der Waals surface area contributed by atoms with Crippen LogP contribution in [0.4, 0.5) is 5.69 Å². The zero-order valence-electron chi connectivity index (χ0n) is 14.4. The first-order chi connectivity index (χ1) is 12.0. The summed E-state index contributed by atoms with van der Waals surface area (Å²) in [6.45, 7) is 6.76.